The van der Waals surface area contributed by atoms with Gasteiger partial charge in [-0.1, -0.05) is 6.92 Å². The number of aliphatic hydroxyl groups is 1. The van der Waals surface area contributed by atoms with Gasteiger partial charge in [-0.15, -0.1) is 0 Å². The molecule has 1 N–H and O–H groups in total. The lowest BCUT2D eigenvalue weighted by Gasteiger charge is -2.13. The van der Waals surface area contributed by atoms with Crippen LogP contribution in [0, 0.1) is 0 Å². The fourth-order valence-electron chi connectivity index (χ4n) is 0.434. The molecule has 1 atom stereocenters. The van der Waals surface area contributed by atoms with Gasteiger partial charge < -0.3 is 5.11 Å². The van der Waals surface area contributed by atoms with Crippen LogP contribution < -0.4 is 0 Å². The van der Waals surface area contributed by atoms with Crippen molar-refractivity contribution in [1.29, 1.82) is 0 Å². The molecule has 0 bridgehead atoms. The minimum atomic E-state index is -4.46. The van der Waals surface area contributed by atoms with Crippen LogP contribution in [0.3, 0.4) is 0 Å². The molecule has 0 heterocycles. The van der Waals surface area contributed by atoms with E-state index in [4.69, 9.17) is 5.11 Å². The van der Waals surface area contributed by atoms with Gasteiger partial charge in [-0.05, 0) is 12.2 Å². The fraction of sp³-hybridized carbons (Fsp3) is 1.00. The third-order valence-corrected chi connectivity index (χ3v) is 2.25. The minimum Gasteiger partial charge on any atom is -0.383 e. The molecule has 0 aromatic rings. The lowest BCUT2D eigenvalue weighted by atomic mass is 10.4. The van der Waals surface area contributed by atoms with Crippen molar-refractivity contribution in [3.8, 4) is 0 Å². The summed E-state index contributed by atoms with van der Waals surface area (Å²) < 4.78 is 34.8. The van der Waals surface area contributed by atoms with E-state index in [9.17, 15) is 13.2 Å². The number of hydrogen-bond acceptors (Lipinski definition) is 2. The molecule has 0 saturated heterocycles. The molecule has 0 spiro atoms. The van der Waals surface area contributed by atoms with Crippen LogP contribution in [0.25, 0.3) is 0 Å². The van der Waals surface area contributed by atoms with Crippen LogP contribution in [0.1, 0.15) is 13.3 Å². The van der Waals surface area contributed by atoms with Crippen LogP contribution in [-0.4, -0.2) is 28.9 Å². The van der Waals surface area contributed by atoms with Crippen LogP contribution >= 0.6 is 11.8 Å². The molecule has 0 fully saturated rings. The highest BCUT2D eigenvalue weighted by Crippen LogP contribution is 2.22. The van der Waals surface area contributed by atoms with Gasteiger partial charge in [0.25, 0.3) is 0 Å². The molecular weight excluding hydrogens is 177 g/mol. The first-order valence-electron chi connectivity index (χ1n) is 3.31. The summed E-state index contributed by atoms with van der Waals surface area (Å²) in [6.07, 6.45) is -5.80. The average Bonchev–Trinajstić information content (AvgIpc) is 1.86. The smallest absolute Gasteiger partial charge is 0.383 e. The zero-order chi connectivity index (χ0) is 8.91. The largest absolute Gasteiger partial charge is 0.415 e. The van der Waals surface area contributed by atoms with Crippen molar-refractivity contribution < 1.29 is 18.3 Å². The number of rotatable bonds is 4. The lowest BCUT2D eigenvalue weighted by molar-refractivity contribution is -0.195. The molecule has 68 valence electrons. The molecule has 1 unspecified atom stereocenters. The molecule has 0 aromatic carbocycles. The van der Waals surface area contributed by atoms with E-state index in [1.807, 2.05) is 6.92 Å². The van der Waals surface area contributed by atoms with Gasteiger partial charge in [-0.2, -0.15) is 24.9 Å². The van der Waals surface area contributed by atoms with Gasteiger partial charge in [0.05, 0.1) is 0 Å². The minimum absolute atomic E-state index is 0.253. The van der Waals surface area contributed by atoms with E-state index in [-0.39, 0.29) is 5.75 Å². The van der Waals surface area contributed by atoms with E-state index < -0.39 is 12.3 Å². The van der Waals surface area contributed by atoms with E-state index >= 15 is 0 Å². The van der Waals surface area contributed by atoms with Crippen LogP contribution in [-0.2, 0) is 0 Å². The molecule has 0 aromatic heterocycles. The van der Waals surface area contributed by atoms with Crippen LogP contribution in [0.15, 0.2) is 0 Å². The van der Waals surface area contributed by atoms with Crippen LogP contribution in [0.5, 0.6) is 0 Å². The van der Waals surface area contributed by atoms with Crippen molar-refractivity contribution in [2.75, 3.05) is 11.5 Å². The zero-order valence-corrected chi connectivity index (χ0v) is 7.00. The van der Waals surface area contributed by atoms with Gasteiger partial charge in [-0.25, -0.2) is 0 Å². The SMILES string of the molecule is CCCSCC(O)C(F)(F)F. The zero-order valence-electron chi connectivity index (χ0n) is 6.19. The third kappa shape index (κ3) is 5.38. The van der Waals surface area contributed by atoms with Crippen LogP contribution in [0.2, 0.25) is 0 Å². The second-order valence-electron chi connectivity index (χ2n) is 2.13. The Hall–Kier alpha value is 0.100. The summed E-state index contributed by atoms with van der Waals surface area (Å²) in [7, 11) is 0. The van der Waals surface area contributed by atoms with Gasteiger partial charge in [-0.3, -0.25) is 0 Å². The summed E-state index contributed by atoms with van der Waals surface area (Å²) in [5, 5.41) is 8.47. The Bertz CT molecular complexity index is 104. The standard InChI is InChI=1S/C6H11F3OS/c1-2-3-11-4-5(10)6(7,8)9/h5,10H,2-4H2,1H3. The Labute approximate surface area is 68.0 Å². The second-order valence-corrected chi connectivity index (χ2v) is 3.28. The van der Waals surface area contributed by atoms with Gasteiger partial charge in [0.15, 0.2) is 6.10 Å². The molecule has 0 rings (SSSR count). The number of hydrogen-bond donors (Lipinski definition) is 1. The quantitative estimate of drug-likeness (QED) is 0.681. The van der Waals surface area contributed by atoms with E-state index in [1.54, 1.807) is 0 Å². The lowest BCUT2D eigenvalue weighted by Crippen LogP contribution is -2.30. The van der Waals surface area contributed by atoms with Crippen LogP contribution in [0.4, 0.5) is 13.2 Å². The Morgan fingerprint density at radius 3 is 2.36 bits per heavy atom. The average molecular weight is 188 g/mol. The van der Waals surface area contributed by atoms with E-state index in [1.165, 1.54) is 0 Å². The second kappa shape index (κ2) is 4.87. The summed E-state index contributed by atoms with van der Waals surface area (Å²) in [5.74, 6) is 0.407. The molecule has 0 radical (unpaired) electrons. The first-order chi connectivity index (χ1) is 4.98. The van der Waals surface area contributed by atoms with Gasteiger partial charge in [0.2, 0.25) is 0 Å². The molecule has 0 saturated carbocycles. The van der Waals surface area contributed by atoms with E-state index in [0.29, 0.717) is 5.75 Å². The van der Waals surface area contributed by atoms with E-state index in [0.717, 1.165) is 18.2 Å². The molecule has 5 heteroatoms. The summed E-state index contributed by atoms with van der Waals surface area (Å²) in [5.41, 5.74) is 0. The first-order valence-corrected chi connectivity index (χ1v) is 4.46. The number of aliphatic hydroxyl groups excluding tert-OH is 1. The number of thioether (sulfide) groups is 1. The summed E-state index contributed by atoms with van der Waals surface area (Å²) in [6.45, 7) is 1.88. The Morgan fingerprint density at radius 2 is 2.00 bits per heavy atom. The topological polar surface area (TPSA) is 20.2 Å². The highest BCUT2D eigenvalue weighted by Gasteiger charge is 2.37. The normalized spacial score (nSPS) is 15.0. The maximum absolute atomic E-state index is 11.6. The van der Waals surface area contributed by atoms with Crippen molar-refractivity contribution in [3.63, 3.8) is 0 Å². The van der Waals surface area contributed by atoms with Crippen molar-refractivity contribution in [2.24, 2.45) is 0 Å². The Balaban J connectivity index is 3.44. The van der Waals surface area contributed by atoms with Crippen molar-refractivity contribution in [1.82, 2.24) is 0 Å². The highest BCUT2D eigenvalue weighted by atomic mass is 32.2. The Morgan fingerprint density at radius 1 is 1.45 bits per heavy atom. The summed E-state index contributed by atoms with van der Waals surface area (Å²) >= 11 is 1.12. The number of alkyl halides is 3. The predicted molar refractivity (Wildman–Crippen MR) is 39.7 cm³/mol. The molecule has 0 amide bonds. The fourth-order valence-corrected chi connectivity index (χ4v) is 1.30. The number of halogens is 3. The highest BCUT2D eigenvalue weighted by molar-refractivity contribution is 7.99. The molecule has 0 aliphatic rings. The van der Waals surface area contributed by atoms with Gasteiger partial charge in [0, 0.05) is 5.75 Å². The van der Waals surface area contributed by atoms with Gasteiger partial charge in [0.1, 0.15) is 0 Å². The predicted octanol–water partition coefficient (Wildman–Crippen LogP) is 2.05. The van der Waals surface area contributed by atoms with Crippen molar-refractivity contribution in [3.05, 3.63) is 0 Å². The third-order valence-electron chi connectivity index (χ3n) is 1.00. The Kier molecular flexibility index (Phi) is 4.92. The summed E-state index contributed by atoms with van der Waals surface area (Å²) in [4.78, 5) is 0. The molecule has 0 aliphatic carbocycles. The van der Waals surface area contributed by atoms with Crippen molar-refractivity contribution >= 4 is 11.8 Å². The summed E-state index contributed by atoms with van der Waals surface area (Å²) in [6, 6.07) is 0. The van der Waals surface area contributed by atoms with Gasteiger partial charge >= 0.3 is 6.18 Å². The molecule has 1 nitrogen and oxygen atoms in total. The molecule has 0 aliphatic heterocycles. The molecular formula is C6H11F3OS. The van der Waals surface area contributed by atoms with Crippen molar-refractivity contribution in [2.45, 2.75) is 25.6 Å². The first kappa shape index (κ1) is 11.1. The maximum Gasteiger partial charge on any atom is 0.415 e. The monoisotopic (exact) mass is 188 g/mol. The maximum atomic E-state index is 11.6. The molecule has 11 heavy (non-hydrogen) atoms. The van der Waals surface area contributed by atoms with E-state index in [2.05, 4.69) is 0 Å².